The van der Waals surface area contributed by atoms with E-state index in [1.54, 1.807) is 6.07 Å². The van der Waals surface area contributed by atoms with Crippen LogP contribution in [0.2, 0.25) is 0 Å². The third-order valence-corrected chi connectivity index (χ3v) is 4.58. The number of amides is 1. The minimum absolute atomic E-state index is 0.0364. The number of nitrogens with zero attached hydrogens (tertiary/aromatic N) is 1. The second-order valence-electron chi connectivity index (χ2n) is 7.14. The number of nitrogens with one attached hydrogen (secondary N) is 1. The number of fused-ring (bicyclic) bond motifs is 1. The summed E-state index contributed by atoms with van der Waals surface area (Å²) < 4.78 is 22.2. The molecule has 1 N–H and O–H groups in total. The zero-order valence-corrected chi connectivity index (χ0v) is 16.0. The molecule has 1 saturated heterocycles. The van der Waals surface area contributed by atoms with Crippen LogP contribution < -0.4 is 19.5 Å². The molecule has 0 radical (unpaired) electrons. The summed E-state index contributed by atoms with van der Waals surface area (Å²) in [7, 11) is 0. The molecular formula is C21H24N2O5. The number of rotatable bonds is 5. The number of morpholine rings is 1. The molecule has 4 rings (SSSR count). The Balaban J connectivity index is 1.31. The Morgan fingerprint density at radius 1 is 1.04 bits per heavy atom. The second kappa shape index (κ2) is 8.08. The van der Waals surface area contributed by atoms with Gasteiger partial charge < -0.3 is 24.3 Å². The zero-order valence-electron chi connectivity index (χ0n) is 16.0. The lowest BCUT2D eigenvalue weighted by molar-refractivity contribution is -0.121. The average molecular weight is 384 g/mol. The highest BCUT2D eigenvalue weighted by Crippen LogP contribution is 2.36. The number of hydrogen-bond acceptors (Lipinski definition) is 6. The highest BCUT2D eigenvalue weighted by molar-refractivity contribution is 5.92. The van der Waals surface area contributed by atoms with E-state index in [1.165, 1.54) is 0 Å². The molecule has 0 saturated carbocycles. The fraction of sp³-hybridized carbons (Fsp3) is 0.381. The van der Waals surface area contributed by atoms with Gasteiger partial charge in [-0.3, -0.25) is 9.69 Å². The average Bonchev–Trinajstić information content (AvgIpc) is 3.10. The predicted molar refractivity (Wildman–Crippen MR) is 104 cm³/mol. The molecule has 0 aliphatic carbocycles. The van der Waals surface area contributed by atoms with Gasteiger partial charge >= 0.3 is 0 Å². The van der Waals surface area contributed by atoms with Crippen LogP contribution in [0.15, 0.2) is 42.5 Å². The molecule has 7 nitrogen and oxygen atoms in total. The minimum atomic E-state index is -0.0364. The van der Waals surface area contributed by atoms with E-state index in [1.807, 2.05) is 50.2 Å². The SMILES string of the molecule is C[C@@H]1CN(CC(=O)Nc2ccc(Oc3ccc4c(c3)OCO4)cc2)C[C@H](C)O1. The maximum Gasteiger partial charge on any atom is 0.238 e. The van der Waals surface area contributed by atoms with E-state index in [-0.39, 0.29) is 24.9 Å². The van der Waals surface area contributed by atoms with Crippen molar-refractivity contribution in [3.63, 3.8) is 0 Å². The summed E-state index contributed by atoms with van der Waals surface area (Å²) in [6.07, 6.45) is 0.285. The molecule has 0 aromatic heterocycles. The molecule has 2 heterocycles. The van der Waals surface area contributed by atoms with Crippen molar-refractivity contribution in [2.75, 3.05) is 31.7 Å². The van der Waals surface area contributed by atoms with Crippen molar-refractivity contribution in [1.29, 1.82) is 0 Å². The van der Waals surface area contributed by atoms with Gasteiger partial charge in [0.05, 0.1) is 18.8 Å². The summed E-state index contributed by atoms with van der Waals surface area (Å²) >= 11 is 0. The van der Waals surface area contributed by atoms with Crippen LogP contribution in [-0.4, -0.2) is 49.4 Å². The Kier molecular flexibility index (Phi) is 5.36. The van der Waals surface area contributed by atoms with E-state index in [0.717, 1.165) is 24.5 Å². The van der Waals surface area contributed by atoms with Gasteiger partial charge in [0.1, 0.15) is 11.5 Å². The summed E-state index contributed by atoms with van der Waals surface area (Å²) in [5.74, 6) is 2.69. The van der Waals surface area contributed by atoms with Gasteiger partial charge in [-0.15, -0.1) is 0 Å². The number of carbonyl (C=O) groups is 1. The molecule has 0 bridgehead atoms. The standard InChI is InChI=1S/C21H24N2O5/c1-14-10-23(11-15(2)27-14)12-21(24)22-16-3-5-17(6-4-16)28-18-7-8-19-20(9-18)26-13-25-19/h3-9,14-15H,10-13H2,1-2H3,(H,22,24)/t14-,15+. The van der Waals surface area contributed by atoms with Crippen molar-refractivity contribution >= 4 is 11.6 Å². The van der Waals surface area contributed by atoms with Crippen LogP contribution in [0.1, 0.15) is 13.8 Å². The maximum atomic E-state index is 12.3. The van der Waals surface area contributed by atoms with Crippen LogP contribution in [-0.2, 0) is 9.53 Å². The van der Waals surface area contributed by atoms with Gasteiger partial charge in [0, 0.05) is 24.8 Å². The van der Waals surface area contributed by atoms with E-state index in [2.05, 4.69) is 10.2 Å². The molecule has 2 aliphatic heterocycles. The van der Waals surface area contributed by atoms with Crippen molar-refractivity contribution in [3.8, 4) is 23.0 Å². The van der Waals surface area contributed by atoms with Crippen molar-refractivity contribution in [3.05, 3.63) is 42.5 Å². The van der Waals surface area contributed by atoms with E-state index in [9.17, 15) is 4.79 Å². The smallest absolute Gasteiger partial charge is 0.238 e. The molecule has 0 spiro atoms. The van der Waals surface area contributed by atoms with Crippen molar-refractivity contribution < 1.29 is 23.7 Å². The van der Waals surface area contributed by atoms with Crippen LogP contribution in [0.5, 0.6) is 23.0 Å². The summed E-state index contributed by atoms with van der Waals surface area (Å²) in [4.78, 5) is 14.4. The number of ether oxygens (including phenoxy) is 4. The summed E-state index contributed by atoms with van der Waals surface area (Å²) in [6.45, 7) is 6.17. The largest absolute Gasteiger partial charge is 0.457 e. The van der Waals surface area contributed by atoms with Crippen LogP contribution >= 0.6 is 0 Å². The fourth-order valence-corrected chi connectivity index (χ4v) is 3.50. The Morgan fingerprint density at radius 2 is 1.71 bits per heavy atom. The van der Waals surface area contributed by atoms with E-state index >= 15 is 0 Å². The van der Waals surface area contributed by atoms with Gasteiger partial charge in [-0.1, -0.05) is 0 Å². The summed E-state index contributed by atoms with van der Waals surface area (Å²) in [5.41, 5.74) is 0.734. The molecule has 1 amide bonds. The number of hydrogen-bond donors (Lipinski definition) is 1. The Hall–Kier alpha value is -2.77. The summed E-state index contributed by atoms with van der Waals surface area (Å²) in [5, 5.41) is 2.93. The van der Waals surface area contributed by atoms with E-state index < -0.39 is 0 Å². The van der Waals surface area contributed by atoms with Crippen LogP contribution in [0.25, 0.3) is 0 Å². The van der Waals surface area contributed by atoms with Crippen molar-refractivity contribution in [2.24, 2.45) is 0 Å². The van der Waals surface area contributed by atoms with Gasteiger partial charge in [0.25, 0.3) is 0 Å². The minimum Gasteiger partial charge on any atom is -0.457 e. The Morgan fingerprint density at radius 3 is 2.46 bits per heavy atom. The monoisotopic (exact) mass is 384 g/mol. The summed E-state index contributed by atoms with van der Waals surface area (Å²) in [6, 6.07) is 12.7. The van der Waals surface area contributed by atoms with Gasteiger partial charge in [0.15, 0.2) is 11.5 Å². The first-order valence-electron chi connectivity index (χ1n) is 9.40. The van der Waals surface area contributed by atoms with Gasteiger partial charge in [-0.05, 0) is 50.2 Å². The quantitative estimate of drug-likeness (QED) is 0.853. The predicted octanol–water partition coefficient (Wildman–Crippen LogP) is 3.26. The molecule has 1 fully saturated rings. The molecule has 2 aromatic carbocycles. The number of benzene rings is 2. The maximum absolute atomic E-state index is 12.3. The number of carbonyl (C=O) groups excluding carboxylic acids is 1. The van der Waals surface area contributed by atoms with Crippen LogP contribution in [0.3, 0.4) is 0 Å². The lowest BCUT2D eigenvalue weighted by Crippen LogP contribution is -2.48. The third-order valence-electron chi connectivity index (χ3n) is 4.58. The fourth-order valence-electron chi connectivity index (χ4n) is 3.50. The first-order chi connectivity index (χ1) is 13.5. The zero-order chi connectivity index (χ0) is 19.5. The molecule has 0 unspecified atom stereocenters. The van der Waals surface area contributed by atoms with Gasteiger partial charge in [-0.2, -0.15) is 0 Å². The van der Waals surface area contributed by atoms with Crippen LogP contribution in [0, 0.1) is 0 Å². The normalized spacial score (nSPS) is 21.4. The molecule has 148 valence electrons. The van der Waals surface area contributed by atoms with Crippen molar-refractivity contribution in [1.82, 2.24) is 4.90 Å². The molecule has 28 heavy (non-hydrogen) atoms. The molecule has 2 aliphatic rings. The highest BCUT2D eigenvalue weighted by atomic mass is 16.7. The number of anilines is 1. The van der Waals surface area contributed by atoms with E-state index in [4.69, 9.17) is 18.9 Å². The topological polar surface area (TPSA) is 69.3 Å². The molecule has 2 atom stereocenters. The molecule has 2 aromatic rings. The first kappa shape index (κ1) is 18.6. The Labute approximate surface area is 164 Å². The first-order valence-corrected chi connectivity index (χ1v) is 9.40. The van der Waals surface area contributed by atoms with Gasteiger partial charge in [0.2, 0.25) is 12.7 Å². The third kappa shape index (κ3) is 4.55. The highest BCUT2D eigenvalue weighted by Gasteiger charge is 2.23. The van der Waals surface area contributed by atoms with E-state index in [0.29, 0.717) is 23.8 Å². The van der Waals surface area contributed by atoms with Crippen LogP contribution in [0.4, 0.5) is 5.69 Å². The molecule has 7 heteroatoms. The molecular weight excluding hydrogens is 360 g/mol. The van der Waals surface area contributed by atoms with Crippen molar-refractivity contribution in [2.45, 2.75) is 26.1 Å². The lowest BCUT2D eigenvalue weighted by Gasteiger charge is -2.34. The lowest BCUT2D eigenvalue weighted by atomic mass is 10.2. The van der Waals surface area contributed by atoms with Gasteiger partial charge in [-0.25, -0.2) is 0 Å². The Bertz CT molecular complexity index is 829. The second-order valence-corrected chi connectivity index (χ2v) is 7.14.